The van der Waals surface area contributed by atoms with Crippen molar-refractivity contribution >= 4 is 40.9 Å². The highest BCUT2D eigenvalue weighted by atomic mass is 35.5. The number of nitrogens with zero attached hydrogens (tertiary/aromatic N) is 5. The Balaban J connectivity index is 1.55. The van der Waals surface area contributed by atoms with Gasteiger partial charge in [0.15, 0.2) is 17.3 Å². The molecule has 3 aromatic rings. The second-order valence-electron chi connectivity index (χ2n) is 8.13. The Kier molecular flexibility index (Phi) is 6.46. The van der Waals surface area contributed by atoms with Crippen LogP contribution in [0.5, 0.6) is 0 Å². The number of carboxylic acid groups (broad SMARTS) is 1. The monoisotopic (exact) mass is 482 g/mol. The summed E-state index contributed by atoms with van der Waals surface area (Å²) in [7, 11) is 0. The second kappa shape index (κ2) is 9.48. The van der Waals surface area contributed by atoms with Crippen molar-refractivity contribution in [2.75, 3.05) is 29.0 Å². The molecule has 0 saturated carbocycles. The minimum absolute atomic E-state index is 0.0423. The number of hydrogen-bond donors (Lipinski definition) is 4. The molecular formula is C22H23ClN8O3. The Bertz CT molecular complexity index is 1230. The van der Waals surface area contributed by atoms with E-state index in [0.29, 0.717) is 53.8 Å². The van der Waals surface area contributed by atoms with Crippen LogP contribution >= 0.6 is 11.6 Å². The van der Waals surface area contributed by atoms with Crippen LogP contribution in [0.2, 0.25) is 5.02 Å². The van der Waals surface area contributed by atoms with Gasteiger partial charge in [-0.15, -0.1) is 0 Å². The predicted molar refractivity (Wildman–Crippen MR) is 128 cm³/mol. The fourth-order valence-corrected chi connectivity index (χ4v) is 4.01. The lowest BCUT2D eigenvalue weighted by molar-refractivity contribution is 0.102. The van der Waals surface area contributed by atoms with Crippen molar-refractivity contribution in [3.05, 3.63) is 53.6 Å². The first-order chi connectivity index (χ1) is 16.3. The molecule has 2 amide bonds. The number of piperidine rings is 1. The minimum Gasteiger partial charge on any atom is -0.465 e. The molecule has 0 radical (unpaired) electrons. The lowest BCUT2D eigenvalue weighted by Crippen LogP contribution is -2.53. The number of carbonyl (C=O) groups is 2. The molecule has 0 bridgehead atoms. The van der Waals surface area contributed by atoms with Gasteiger partial charge in [-0.1, -0.05) is 11.6 Å². The number of aromatic nitrogens is 4. The Hall–Kier alpha value is -3.99. The molecule has 4 rings (SSSR count). The number of anilines is 3. The minimum atomic E-state index is -1.04. The summed E-state index contributed by atoms with van der Waals surface area (Å²) in [6.45, 7) is 3.05. The molecule has 34 heavy (non-hydrogen) atoms. The summed E-state index contributed by atoms with van der Waals surface area (Å²) in [4.78, 5) is 43.2. The van der Waals surface area contributed by atoms with Crippen LogP contribution in [0.3, 0.4) is 0 Å². The molecule has 1 saturated heterocycles. The molecule has 4 heterocycles. The summed E-state index contributed by atoms with van der Waals surface area (Å²) >= 11 is 6.20. The van der Waals surface area contributed by atoms with Crippen molar-refractivity contribution in [2.24, 2.45) is 0 Å². The van der Waals surface area contributed by atoms with Crippen molar-refractivity contribution in [1.29, 1.82) is 0 Å². The first-order valence-corrected chi connectivity index (χ1v) is 10.9. The van der Waals surface area contributed by atoms with Crippen molar-refractivity contribution in [1.82, 2.24) is 25.3 Å². The van der Waals surface area contributed by atoms with Gasteiger partial charge in [-0.3, -0.25) is 9.78 Å². The van der Waals surface area contributed by atoms with Crippen molar-refractivity contribution in [3.63, 3.8) is 0 Å². The number of rotatable bonds is 5. The molecule has 0 spiro atoms. The lowest BCUT2D eigenvalue weighted by Gasteiger charge is -2.40. The van der Waals surface area contributed by atoms with E-state index in [4.69, 9.17) is 22.4 Å². The standard InChI is InChI=1S/C22H23ClN8O3/c1-22(30-21(33)34)6-10-31(11-7-22)15-5-3-9-26-19(15)29-20(32)17-18(24)27-12-14(28-17)16-13(23)4-2-8-25-16/h2-5,8-9,12,30H,6-7,10-11H2,1H3,(H2,24,27)(H,33,34)(H,26,29,32). The van der Waals surface area contributed by atoms with Gasteiger partial charge in [0.1, 0.15) is 11.4 Å². The van der Waals surface area contributed by atoms with Crippen LogP contribution in [-0.4, -0.2) is 55.7 Å². The third kappa shape index (κ3) is 4.99. The predicted octanol–water partition coefficient (Wildman–Crippen LogP) is 3.05. The van der Waals surface area contributed by atoms with E-state index in [9.17, 15) is 9.59 Å². The van der Waals surface area contributed by atoms with Crippen molar-refractivity contribution in [2.45, 2.75) is 25.3 Å². The van der Waals surface area contributed by atoms with Crippen LogP contribution in [0.1, 0.15) is 30.3 Å². The van der Waals surface area contributed by atoms with Gasteiger partial charge in [0.05, 0.1) is 16.9 Å². The van der Waals surface area contributed by atoms with Gasteiger partial charge in [0.25, 0.3) is 5.91 Å². The van der Waals surface area contributed by atoms with E-state index in [-0.39, 0.29) is 11.5 Å². The molecular weight excluding hydrogens is 460 g/mol. The molecule has 1 fully saturated rings. The molecule has 0 aliphatic carbocycles. The highest BCUT2D eigenvalue weighted by molar-refractivity contribution is 6.32. The molecule has 176 valence electrons. The highest BCUT2D eigenvalue weighted by Crippen LogP contribution is 2.31. The zero-order valence-electron chi connectivity index (χ0n) is 18.3. The van der Waals surface area contributed by atoms with Crippen LogP contribution in [0.25, 0.3) is 11.4 Å². The average Bonchev–Trinajstić information content (AvgIpc) is 2.80. The summed E-state index contributed by atoms with van der Waals surface area (Å²) in [5.41, 5.74) is 6.76. The van der Waals surface area contributed by atoms with Gasteiger partial charge in [0, 0.05) is 31.0 Å². The maximum atomic E-state index is 13.1. The largest absolute Gasteiger partial charge is 0.465 e. The van der Waals surface area contributed by atoms with Gasteiger partial charge < -0.3 is 26.4 Å². The van der Waals surface area contributed by atoms with Gasteiger partial charge >= 0.3 is 6.09 Å². The zero-order chi connectivity index (χ0) is 24.3. The zero-order valence-corrected chi connectivity index (χ0v) is 19.1. The van der Waals surface area contributed by atoms with Crippen LogP contribution in [0.4, 0.5) is 22.1 Å². The van der Waals surface area contributed by atoms with E-state index in [0.717, 1.165) is 0 Å². The third-order valence-corrected chi connectivity index (χ3v) is 5.96. The summed E-state index contributed by atoms with van der Waals surface area (Å²) < 4.78 is 0. The molecule has 12 heteroatoms. The fraction of sp³-hybridized carbons (Fsp3) is 0.273. The Morgan fingerprint density at radius 3 is 2.56 bits per heavy atom. The summed E-state index contributed by atoms with van der Waals surface area (Å²) in [5.74, 6) is -0.280. The Labute approximate surface area is 200 Å². The first kappa shape index (κ1) is 23.2. The quantitative estimate of drug-likeness (QED) is 0.428. The van der Waals surface area contributed by atoms with E-state index in [1.165, 1.54) is 6.20 Å². The number of halogens is 1. The Morgan fingerprint density at radius 2 is 1.85 bits per heavy atom. The number of amides is 2. The van der Waals surface area contributed by atoms with Crippen LogP contribution < -0.4 is 21.3 Å². The van der Waals surface area contributed by atoms with E-state index in [2.05, 4.69) is 30.6 Å². The second-order valence-corrected chi connectivity index (χ2v) is 8.53. The highest BCUT2D eigenvalue weighted by Gasteiger charge is 2.32. The number of pyridine rings is 2. The molecule has 0 atom stereocenters. The van der Waals surface area contributed by atoms with E-state index >= 15 is 0 Å². The van der Waals surface area contributed by atoms with Gasteiger partial charge in [0.2, 0.25) is 0 Å². The number of carbonyl (C=O) groups excluding carboxylic acids is 1. The van der Waals surface area contributed by atoms with E-state index in [1.54, 1.807) is 30.6 Å². The molecule has 1 aliphatic rings. The molecule has 0 aromatic carbocycles. The van der Waals surface area contributed by atoms with E-state index in [1.807, 2.05) is 17.9 Å². The fourth-order valence-electron chi connectivity index (χ4n) is 3.79. The average molecular weight is 483 g/mol. The molecule has 11 nitrogen and oxygen atoms in total. The SMILES string of the molecule is CC1(NC(=O)O)CCN(c2cccnc2NC(=O)c2nc(-c3ncccc3Cl)cnc2N)CC1. The van der Waals surface area contributed by atoms with Gasteiger partial charge in [-0.05, 0) is 44.0 Å². The molecule has 3 aromatic heterocycles. The lowest BCUT2D eigenvalue weighted by atomic mass is 9.89. The summed E-state index contributed by atoms with van der Waals surface area (Å²) in [6.07, 6.45) is 4.70. The number of nitrogen functional groups attached to an aromatic ring is 1. The van der Waals surface area contributed by atoms with Crippen molar-refractivity contribution in [3.8, 4) is 11.4 Å². The molecule has 1 aliphatic heterocycles. The maximum Gasteiger partial charge on any atom is 0.405 e. The Morgan fingerprint density at radius 1 is 1.15 bits per heavy atom. The van der Waals surface area contributed by atoms with Crippen LogP contribution in [0, 0.1) is 0 Å². The van der Waals surface area contributed by atoms with Crippen LogP contribution in [-0.2, 0) is 0 Å². The third-order valence-electron chi connectivity index (χ3n) is 5.65. The first-order valence-electron chi connectivity index (χ1n) is 10.5. The van der Waals surface area contributed by atoms with E-state index < -0.39 is 17.5 Å². The summed E-state index contributed by atoms with van der Waals surface area (Å²) in [5, 5.41) is 14.8. The van der Waals surface area contributed by atoms with Crippen molar-refractivity contribution < 1.29 is 14.7 Å². The van der Waals surface area contributed by atoms with Crippen LogP contribution in [0.15, 0.2) is 42.9 Å². The number of hydrogen-bond acceptors (Lipinski definition) is 8. The number of nitrogens with one attached hydrogen (secondary N) is 2. The maximum absolute atomic E-state index is 13.1. The normalized spacial score (nSPS) is 14.9. The molecule has 5 N–H and O–H groups in total. The van der Waals surface area contributed by atoms with Gasteiger partial charge in [-0.25, -0.2) is 19.7 Å². The number of nitrogens with two attached hydrogens (primary N) is 1. The molecule has 0 unspecified atom stereocenters. The topological polar surface area (TPSA) is 159 Å². The smallest absolute Gasteiger partial charge is 0.405 e. The summed E-state index contributed by atoms with van der Waals surface area (Å²) in [6, 6.07) is 6.96. The van der Waals surface area contributed by atoms with Gasteiger partial charge in [-0.2, -0.15) is 0 Å².